The van der Waals surface area contributed by atoms with Crippen molar-refractivity contribution < 1.29 is 9.53 Å². The van der Waals surface area contributed by atoms with Crippen molar-refractivity contribution in [2.24, 2.45) is 0 Å². The fourth-order valence-electron chi connectivity index (χ4n) is 4.18. The summed E-state index contributed by atoms with van der Waals surface area (Å²) in [5, 5.41) is 0.961. The van der Waals surface area contributed by atoms with Crippen molar-refractivity contribution in [3.63, 3.8) is 0 Å². The number of nitrogen functional groups attached to an aromatic ring is 1. The highest BCUT2D eigenvalue weighted by atomic mass is 16.5. The Hall–Kier alpha value is -4.10. The summed E-state index contributed by atoms with van der Waals surface area (Å²) in [5.41, 5.74) is 18.8. The predicted molar refractivity (Wildman–Crippen MR) is 127 cm³/mol. The Bertz CT molecular complexity index is 1370. The lowest BCUT2D eigenvalue weighted by atomic mass is 9.92. The molecule has 5 N–H and O–H groups in total. The van der Waals surface area contributed by atoms with Gasteiger partial charge in [-0.05, 0) is 46.5 Å². The second kappa shape index (κ2) is 7.86. The molecule has 0 saturated carbocycles. The van der Waals surface area contributed by atoms with E-state index in [1.807, 2.05) is 42.6 Å². The van der Waals surface area contributed by atoms with Crippen LogP contribution in [0.1, 0.15) is 21.5 Å². The van der Waals surface area contributed by atoms with E-state index in [0.717, 1.165) is 44.6 Å². The van der Waals surface area contributed by atoms with Crippen LogP contribution >= 0.6 is 0 Å². The average molecular weight is 425 g/mol. The second-order valence-corrected chi connectivity index (χ2v) is 7.81. The standard InChI is InChI=1S/C25H23N5O2/c1-14(7-15-5-3-4-6-22(15)32-2)25(31)19-9-16(8-17-11-29-30-24(17)19)20-12-27-21-13-28-23(26)10-18(20)21/h3-6,8-10,12-13,27,29-30H,1,7,11H2,2H3,(H2,26,28). The zero-order chi connectivity index (χ0) is 22.2. The van der Waals surface area contributed by atoms with Gasteiger partial charge in [0, 0.05) is 35.7 Å². The Balaban J connectivity index is 1.55. The van der Waals surface area contributed by atoms with E-state index in [9.17, 15) is 4.79 Å². The first kappa shape index (κ1) is 19.8. The third-order valence-corrected chi connectivity index (χ3v) is 5.77. The van der Waals surface area contributed by atoms with Crippen LogP contribution in [0.15, 0.2) is 67.0 Å². The van der Waals surface area contributed by atoms with Crippen molar-refractivity contribution in [3.8, 4) is 16.9 Å². The van der Waals surface area contributed by atoms with Crippen molar-refractivity contribution in [2.45, 2.75) is 13.0 Å². The fraction of sp³-hybridized carbons (Fsp3) is 0.120. The number of anilines is 2. The highest BCUT2D eigenvalue weighted by Crippen LogP contribution is 2.36. The lowest BCUT2D eigenvalue weighted by molar-refractivity contribution is 0.103. The quantitative estimate of drug-likeness (QED) is 0.272. The Morgan fingerprint density at radius 1 is 1.25 bits per heavy atom. The van der Waals surface area contributed by atoms with Crippen LogP contribution in [-0.4, -0.2) is 22.9 Å². The van der Waals surface area contributed by atoms with Crippen molar-refractivity contribution in [1.29, 1.82) is 0 Å². The molecule has 7 nitrogen and oxygen atoms in total. The minimum Gasteiger partial charge on any atom is -0.496 e. The van der Waals surface area contributed by atoms with Gasteiger partial charge < -0.3 is 20.9 Å². The number of ketones is 1. The Kier molecular flexibility index (Phi) is 4.88. The van der Waals surface area contributed by atoms with Gasteiger partial charge in [0.15, 0.2) is 5.78 Å². The van der Waals surface area contributed by atoms with Crippen LogP contribution in [-0.2, 0) is 13.0 Å². The number of methoxy groups -OCH3 is 1. The van der Waals surface area contributed by atoms with Gasteiger partial charge >= 0.3 is 0 Å². The van der Waals surface area contributed by atoms with Gasteiger partial charge in [0.2, 0.25) is 0 Å². The molecule has 0 unspecified atom stereocenters. The van der Waals surface area contributed by atoms with Crippen LogP contribution in [0.25, 0.3) is 22.0 Å². The number of nitrogens with zero attached hydrogens (tertiary/aromatic N) is 1. The number of nitrogens with two attached hydrogens (primary N) is 1. The molecule has 0 aliphatic carbocycles. The fourth-order valence-corrected chi connectivity index (χ4v) is 4.18. The third-order valence-electron chi connectivity index (χ3n) is 5.77. The van der Waals surface area contributed by atoms with Crippen molar-refractivity contribution in [2.75, 3.05) is 18.3 Å². The molecule has 0 spiro atoms. The minimum atomic E-state index is -0.105. The van der Waals surface area contributed by atoms with E-state index in [1.165, 1.54) is 0 Å². The van der Waals surface area contributed by atoms with Crippen LogP contribution in [0, 0.1) is 0 Å². The minimum absolute atomic E-state index is 0.105. The summed E-state index contributed by atoms with van der Waals surface area (Å²) in [4.78, 5) is 20.9. The molecule has 0 fully saturated rings. The number of aromatic amines is 1. The lowest BCUT2D eigenvalue weighted by Gasteiger charge is -2.13. The van der Waals surface area contributed by atoms with Crippen molar-refractivity contribution in [1.82, 2.24) is 15.4 Å². The SMILES string of the molecule is C=C(Cc1ccccc1OC)C(=O)c1cc(-c2c[nH]c3cnc(N)cc23)cc2c1NNC2. The molecule has 4 aromatic rings. The predicted octanol–water partition coefficient (Wildman–Crippen LogP) is 4.23. The van der Waals surface area contributed by atoms with Crippen LogP contribution in [0.2, 0.25) is 0 Å². The van der Waals surface area contributed by atoms with Gasteiger partial charge in [-0.1, -0.05) is 24.8 Å². The van der Waals surface area contributed by atoms with E-state index in [4.69, 9.17) is 10.5 Å². The molecule has 2 aromatic heterocycles. The van der Waals surface area contributed by atoms with Gasteiger partial charge in [0.25, 0.3) is 0 Å². The number of hydrazine groups is 1. The highest BCUT2D eigenvalue weighted by Gasteiger charge is 2.23. The number of nitrogens with one attached hydrogen (secondary N) is 3. The molecular weight excluding hydrogens is 402 g/mol. The smallest absolute Gasteiger partial charge is 0.190 e. The number of H-pyrrole nitrogens is 1. The Labute approximate surface area is 185 Å². The van der Waals surface area contributed by atoms with E-state index in [2.05, 4.69) is 33.5 Å². The molecule has 7 heteroatoms. The summed E-state index contributed by atoms with van der Waals surface area (Å²) >= 11 is 0. The molecule has 0 amide bonds. The third kappa shape index (κ3) is 3.38. The Morgan fingerprint density at radius 2 is 2.09 bits per heavy atom. The van der Waals surface area contributed by atoms with Gasteiger partial charge in [-0.25, -0.2) is 10.4 Å². The number of carbonyl (C=O) groups is 1. The Morgan fingerprint density at radius 3 is 2.94 bits per heavy atom. The maximum atomic E-state index is 13.5. The number of allylic oxidation sites excluding steroid dienone is 1. The molecule has 2 aromatic carbocycles. The van der Waals surface area contributed by atoms with Crippen LogP contribution in [0.3, 0.4) is 0 Å². The van der Waals surface area contributed by atoms with Crippen LogP contribution < -0.4 is 21.3 Å². The van der Waals surface area contributed by atoms with E-state index < -0.39 is 0 Å². The monoisotopic (exact) mass is 425 g/mol. The normalized spacial score (nSPS) is 12.4. The summed E-state index contributed by atoms with van der Waals surface area (Å²) in [7, 11) is 1.62. The molecule has 3 heterocycles. The van der Waals surface area contributed by atoms with Crippen LogP contribution in [0.4, 0.5) is 11.5 Å². The molecule has 160 valence electrons. The van der Waals surface area contributed by atoms with Gasteiger partial charge in [-0.2, -0.15) is 0 Å². The summed E-state index contributed by atoms with van der Waals surface area (Å²) < 4.78 is 5.43. The van der Waals surface area contributed by atoms with Gasteiger partial charge in [0.1, 0.15) is 11.6 Å². The number of carbonyl (C=O) groups excluding carboxylic acids is 1. The summed E-state index contributed by atoms with van der Waals surface area (Å²) in [6, 6.07) is 13.5. The first-order chi connectivity index (χ1) is 15.5. The molecule has 1 aliphatic heterocycles. The maximum absolute atomic E-state index is 13.5. The average Bonchev–Trinajstić information content (AvgIpc) is 3.44. The molecule has 5 rings (SSSR count). The van der Waals surface area contributed by atoms with E-state index in [-0.39, 0.29) is 5.78 Å². The molecule has 32 heavy (non-hydrogen) atoms. The molecule has 0 saturated heterocycles. The maximum Gasteiger partial charge on any atom is 0.190 e. The van der Waals surface area contributed by atoms with Crippen molar-refractivity contribution in [3.05, 3.63) is 83.7 Å². The number of rotatable bonds is 6. The van der Waals surface area contributed by atoms with E-state index in [1.54, 1.807) is 13.3 Å². The number of para-hydroxylation sites is 1. The van der Waals surface area contributed by atoms with Gasteiger partial charge in [0.05, 0.1) is 24.5 Å². The molecule has 0 bridgehead atoms. The van der Waals surface area contributed by atoms with Crippen LogP contribution in [0.5, 0.6) is 5.75 Å². The highest BCUT2D eigenvalue weighted by molar-refractivity contribution is 6.13. The number of hydrogen-bond donors (Lipinski definition) is 4. The number of aromatic nitrogens is 2. The number of hydrogen-bond acceptors (Lipinski definition) is 6. The van der Waals surface area contributed by atoms with E-state index >= 15 is 0 Å². The second-order valence-electron chi connectivity index (χ2n) is 7.81. The summed E-state index contributed by atoms with van der Waals surface area (Å²) in [5.74, 6) is 1.08. The topological polar surface area (TPSA) is 105 Å². The number of ether oxygens (including phenoxy) is 1. The molecule has 1 aliphatic rings. The zero-order valence-electron chi connectivity index (χ0n) is 17.7. The van der Waals surface area contributed by atoms with Gasteiger partial charge in [-0.3, -0.25) is 4.79 Å². The molecule has 0 radical (unpaired) electrons. The van der Waals surface area contributed by atoms with E-state index in [0.29, 0.717) is 29.9 Å². The zero-order valence-corrected chi connectivity index (χ0v) is 17.7. The number of pyridine rings is 1. The first-order valence-corrected chi connectivity index (χ1v) is 10.3. The summed E-state index contributed by atoms with van der Waals surface area (Å²) in [6.07, 6.45) is 4.04. The van der Waals surface area contributed by atoms with Crippen molar-refractivity contribution >= 4 is 28.2 Å². The first-order valence-electron chi connectivity index (χ1n) is 10.3. The number of fused-ring (bicyclic) bond motifs is 2. The largest absolute Gasteiger partial charge is 0.496 e. The summed E-state index contributed by atoms with van der Waals surface area (Å²) in [6.45, 7) is 4.72. The number of benzene rings is 2. The molecular formula is C25H23N5O2. The molecule has 0 atom stereocenters. The number of Topliss-reactive ketones (excluding diaryl/α,β-unsaturated/α-hetero) is 1. The lowest BCUT2D eigenvalue weighted by Crippen LogP contribution is -2.14. The van der Waals surface area contributed by atoms with Gasteiger partial charge in [-0.15, -0.1) is 0 Å².